The summed E-state index contributed by atoms with van der Waals surface area (Å²) in [5, 5.41) is 10.6. The highest BCUT2D eigenvalue weighted by Gasteiger charge is 2.30. The Morgan fingerprint density at radius 2 is 0.475 bits per heavy atom. The molecule has 0 aromatic heterocycles. The van der Waals surface area contributed by atoms with Crippen molar-refractivity contribution in [2.45, 2.75) is 446 Å². The standard InChI is InChI=1S/C82H160O17P2/c1-8-12-13-14-15-16-17-24-28-35-44-51-58-65-81(86)99-78(70-93-80(85)64-57-50-43-38-37-41-48-55-62-75(7)11-4)72-97-101(90,91)95-68-76(83)67-94-100(88,89)96-71-77(69-92-79(84)63-56-49-42-34-31-30-33-40-47-54-61-74(6)10-3)98-82(87)66-59-52-45-36-29-26-23-21-19-18-20-22-25-27-32-39-46-53-60-73(5)9-2/h73-78,83H,8-72H2,1-7H3,(H,88,89)(H,90,91)/t73?,74?,75?,76-,77-,78-/m1/s1. The zero-order chi connectivity index (χ0) is 74.4. The number of aliphatic hydroxyl groups excluding tert-OH is 1. The first-order valence-electron chi connectivity index (χ1n) is 42.5. The van der Waals surface area contributed by atoms with Gasteiger partial charge in [0, 0.05) is 25.7 Å². The number of esters is 4. The number of hydrogen-bond acceptors (Lipinski definition) is 15. The number of rotatable bonds is 80. The summed E-state index contributed by atoms with van der Waals surface area (Å²) >= 11 is 0. The molecule has 0 aliphatic carbocycles. The van der Waals surface area contributed by atoms with Crippen molar-refractivity contribution in [3.8, 4) is 0 Å². The number of phosphoric acid groups is 2. The molecule has 0 aromatic rings. The van der Waals surface area contributed by atoms with Gasteiger partial charge in [-0.15, -0.1) is 0 Å². The molecule has 0 rings (SSSR count). The molecule has 0 saturated heterocycles. The monoisotopic (exact) mass is 1480 g/mol. The molecule has 0 saturated carbocycles. The molecule has 5 unspecified atom stereocenters. The summed E-state index contributed by atoms with van der Waals surface area (Å²) in [6.07, 6.45) is 60.8. The fourth-order valence-electron chi connectivity index (χ4n) is 12.6. The van der Waals surface area contributed by atoms with Crippen molar-refractivity contribution in [2.75, 3.05) is 39.6 Å². The highest BCUT2D eigenvalue weighted by Crippen LogP contribution is 2.45. The second-order valence-electron chi connectivity index (χ2n) is 30.2. The summed E-state index contributed by atoms with van der Waals surface area (Å²) in [5.41, 5.74) is 0. The second-order valence-corrected chi connectivity index (χ2v) is 33.1. The van der Waals surface area contributed by atoms with E-state index in [1.807, 2.05) is 0 Å². The smallest absolute Gasteiger partial charge is 0.462 e. The van der Waals surface area contributed by atoms with E-state index < -0.39 is 97.5 Å². The van der Waals surface area contributed by atoms with Gasteiger partial charge in [0.1, 0.15) is 19.3 Å². The third kappa shape index (κ3) is 72.1. The van der Waals surface area contributed by atoms with Gasteiger partial charge in [0.2, 0.25) is 0 Å². The SMILES string of the molecule is CCCCCCCCCCCCCCCC(=O)O[C@H](COC(=O)CCCCCCCCCCC(C)CC)COP(=O)(O)OC[C@H](O)COP(=O)(O)OC[C@@H](COC(=O)CCCCCCCCCCCCC(C)CC)OC(=O)CCCCCCCCCCCCCCCCCCCCC(C)CC. The van der Waals surface area contributed by atoms with Crippen molar-refractivity contribution >= 4 is 39.5 Å². The van der Waals surface area contributed by atoms with Crippen LogP contribution in [0.2, 0.25) is 0 Å². The molecule has 0 aliphatic rings. The molecule has 0 aliphatic heterocycles. The predicted molar refractivity (Wildman–Crippen MR) is 414 cm³/mol. The molecule has 600 valence electrons. The molecule has 0 spiro atoms. The lowest BCUT2D eigenvalue weighted by Crippen LogP contribution is -2.30. The normalized spacial score (nSPS) is 14.8. The highest BCUT2D eigenvalue weighted by molar-refractivity contribution is 7.47. The van der Waals surface area contributed by atoms with E-state index in [0.29, 0.717) is 25.7 Å². The summed E-state index contributed by atoms with van der Waals surface area (Å²) in [4.78, 5) is 73.1. The minimum Gasteiger partial charge on any atom is -0.462 e. The average Bonchev–Trinajstić information content (AvgIpc) is 0.931. The topological polar surface area (TPSA) is 237 Å². The van der Waals surface area contributed by atoms with Gasteiger partial charge in [-0.1, -0.05) is 376 Å². The van der Waals surface area contributed by atoms with Crippen molar-refractivity contribution in [3.63, 3.8) is 0 Å². The number of phosphoric ester groups is 2. The maximum atomic E-state index is 13.1. The quantitative estimate of drug-likeness (QED) is 0.0222. The van der Waals surface area contributed by atoms with Gasteiger partial charge in [-0.25, -0.2) is 9.13 Å². The van der Waals surface area contributed by atoms with Crippen LogP contribution in [-0.4, -0.2) is 96.7 Å². The van der Waals surface area contributed by atoms with E-state index in [1.165, 1.54) is 238 Å². The van der Waals surface area contributed by atoms with Crippen LogP contribution >= 0.6 is 15.6 Å². The lowest BCUT2D eigenvalue weighted by Gasteiger charge is -2.21. The van der Waals surface area contributed by atoms with Crippen LogP contribution in [0.15, 0.2) is 0 Å². The maximum absolute atomic E-state index is 13.1. The van der Waals surface area contributed by atoms with Crippen LogP contribution in [-0.2, 0) is 65.4 Å². The van der Waals surface area contributed by atoms with Crippen molar-refractivity contribution in [1.82, 2.24) is 0 Å². The Balaban J connectivity index is 5.23. The number of carbonyl (C=O) groups excluding carboxylic acids is 4. The summed E-state index contributed by atoms with van der Waals surface area (Å²) in [6, 6.07) is 0. The van der Waals surface area contributed by atoms with Gasteiger partial charge in [-0.05, 0) is 43.4 Å². The molecule has 0 aromatic carbocycles. The first-order valence-corrected chi connectivity index (χ1v) is 45.5. The van der Waals surface area contributed by atoms with Gasteiger partial charge in [0.05, 0.1) is 26.4 Å². The number of aliphatic hydroxyl groups is 1. The molecule has 3 N–H and O–H groups in total. The molecule has 0 bridgehead atoms. The maximum Gasteiger partial charge on any atom is 0.472 e. The zero-order valence-electron chi connectivity index (χ0n) is 66.4. The van der Waals surface area contributed by atoms with Crippen LogP contribution in [0.5, 0.6) is 0 Å². The van der Waals surface area contributed by atoms with E-state index in [4.69, 9.17) is 37.0 Å². The molecule has 17 nitrogen and oxygen atoms in total. The molecular formula is C82H160O17P2. The molecule has 101 heavy (non-hydrogen) atoms. The number of unbranched alkanes of at least 4 members (excludes halogenated alkanes) is 45. The van der Waals surface area contributed by atoms with Gasteiger partial charge in [0.15, 0.2) is 12.2 Å². The summed E-state index contributed by atoms with van der Waals surface area (Å²) < 4.78 is 68.8. The van der Waals surface area contributed by atoms with Crippen molar-refractivity contribution in [3.05, 3.63) is 0 Å². The Bertz CT molecular complexity index is 1960. The van der Waals surface area contributed by atoms with Crippen molar-refractivity contribution < 1.29 is 80.2 Å². The number of ether oxygens (including phenoxy) is 4. The van der Waals surface area contributed by atoms with E-state index in [-0.39, 0.29) is 25.7 Å². The lowest BCUT2D eigenvalue weighted by molar-refractivity contribution is -0.161. The minimum absolute atomic E-state index is 0.107. The van der Waals surface area contributed by atoms with Crippen LogP contribution in [0.3, 0.4) is 0 Å². The largest absolute Gasteiger partial charge is 0.472 e. The Morgan fingerprint density at radius 3 is 0.703 bits per heavy atom. The Kier molecular flexibility index (Phi) is 70.9. The third-order valence-electron chi connectivity index (χ3n) is 20.2. The molecule has 8 atom stereocenters. The van der Waals surface area contributed by atoms with Crippen LogP contribution in [0, 0.1) is 17.8 Å². The van der Waals surface area contributed by atoms with Crippen LogP contribution in [0.25, 0.3) is 0 Å². The number of hydrogen-bond donors (Lipinski definition) is 3. The molecule has 0 amide bonds. The van der Waals surface area contributed by atoms with Gasteiger partial charge in [-0.3, -0.25) is 37.3 Å². The molecule has 19 heteroatoms. The fraction of sp³-hybridized carbons (Fsp3) is 0.951. The highest BCUT2D eigenvalue weighted by atomic mass is 31.2. The second kappa shape index (κ2) is 72.3. The lowest BCUT2D eigenvalue weighted by atomic mass is 9.99. The van der Waals surface area contributed by atoms with Crippen LogP contribution in [0.1, 0.15) is 427 Å². The summed E-state index contributed by atoms with van der Waals surface area (Å²) in [7, 11) is -9.92. The van der Waals surface area contributed by atoms with Crippen molar-refractivity contribution in [1.29, 1.82) is 0 Å². The third-order valence-corrected chi connectivity index (χ3v) is 22.1. The van der Waals surface area contributed by atoms with E-state index in [0.717, 1.165) is 108 Å². The van der Waals surface area contributed by atoms with Crippen LogP contribution in [0.4, 0.5) is 0 Å². The minimum atomic E-state index is -4.96. The summed E-state index contributed by atoms with van der Waals surface area (Å²) in [6.45, 7) is 12.0. The first kappa shape index (κ1) is 99.1. The van der Waals surface area contributed by atoms with Gasteiger partial charge in [0.25, 0.3) is 0 Å². The zero-order valence-corrected chi connectivity index (χ0v) is 68.2. The molecule has 0 heterocycles. The Labute approximate surface area is 619 Å². The Morgan fingerprint density at radius 1 is 0.277 bits per heavy atom. The average molecular weight is 1480 g/mol. The Hall–Kier alpha value is -1.94. The molecule has 0 radical (unpaired) electrons. The first-order chi connectivity index (χ1) is 48.8. The van der Waals surface area contributed by atoms with Gasteiger partial charge >= 0.3 is 39.5 Å². The van der Waals surface area contributed by atoms with E-state index in [1.54, 1.807) is 0 Å². The summed E-state index contributed by atoms with van der Waals surface area (Å²) in [5.74, 6) is 0.349. The van der Waals surface area contributed by atoms with E-state index in [2.05, 4.69) is 48.5 Å². The van der Waals surface area contributed by atoms with E-state index >= 15 is 0 Å². The van der Waals surface area contributed by atoms with Crippen molar-refractivity contribution in [2.24, 2.45) is 17.8 Å². The molecule has 0 fully saturated rings. The predicted octanol–water partition coefficient (Wildman–Crippen LogP) is 24.5. The van der Waals surface area contributed by atoms with Crippen LogP contribution < -0.4 is 0 Å². The van der Waals surface area contributed by atoms with Gasteiger partial charge in [-0.2, -0.15) is 0 Å². The molecular weight excluding hydrogens is 1320 g/mol. The van der Waals surface area contributed by atoms with E-state index in [9.17, 15) is 43.2 Å². The fourth-order valence-corrected chi connectivity index (χ4v) is 14.1. The van der Waals surface area contributed by atoms with Gasteiger partial charge < -0.3 is 33.8 Å². The number of carbonyl (C=O) groups is 4.